The average Bonchev–Trinajstić information content (AvgIpc) is 2.47. The average molecular weight is 265 g/mol. The summed E-state index contributed by atoms with van der Waals surface area (Å²) >= 11 is 0. The molecule has 0 saturated carbocycles. The molecule has 2 nitrogen and oxygen atoms in total. The highest BCUT2D eigenvalue weighted by Crippen LogP contribution is 2.21. The fourth-order valence-electron chi connectivity index (χ4n) is 1.86. The largest absolute Gasteiger partial charge is 0.490 e. The summed E-state index contributed by atoms with van der Waals surface area (Å²) in [6.07, 6.45) is 3.60. The van der Waals surface area contributed by atoms with Crippen molar-refractivity contribution in [3.63, 3.8) is 0 Å². The third kappa shape index (κ3) is 3.58. The summed E-state index contributed by atoms with van der Waals surface area (Å²) in [4.78, 5) is 4.56. The summed E-state index contributed by atoms with van der Waals surface area (Å²) in [7, 11) is 0. The maximum absolute atomic E-state index is 5.51. The molecule has 0 N–H and O–H groups in total. The molecule has 0 fully saturated rings. The van der Waals surface area contributed by atoms with Gasteiger partial charge < -0.3 is 4.74 Å². The molecule has 0 aliphatic rings. The van der Waals surface area contributed by atoms with E-state index in [4.69, 9.17) is 4.74 Å². The summed E-state index contributed by atoms with van der Waals surface area (Å²) < 4.78 is 5.51. The van der Waals surface area contributed by atoms with Crippen molar-refractivity contribution in [3.05, 3.63) is 71.8 Å². The molecule has 2 heteroatoms. The van der Waals surface area contributed by atoms with Crippen LogP contribution in [-0.2, 0) is 0 Å². The van der Waals surface area contributed by atoms with Gasteiger partial charge in [0, 0.05) is 6.21 Å². The van der Waals surface area contributed by atoms with E-state index >= 15 is 0 Å². The summed E-state index contributed by atoms with van der Waals surface area (Å²) in [5, 5.41) is 0. The molecule has 0 saturated heterocycles. The van der Waals surface area contributed by atoms with Crippen LogP contribution in [0.3, 0.4) is 0 Å². The number of rotatable bonds is 5. The minimum atomic E-state index is 0.511. The van der Waals surface area contributed by atoms with Crippen molar-refractivity contribution < 1.29 is 4.74 Å². The Hall–Kier alpha value is -2.35. The highest BCUT2D eigenvalue weighted by molar-refractivity contribution is 5.82. The first-order valence-electron chi connectivity index (χ1n) is 6.65. The lowest BCUT2D eigenvalue weighted by atomic mass is 10.1. The van der Waals surface area contributed by atoms with Gasteiger partial charge in [-0.05, 0) is 48.7 Å². The number of hydrogen-bond donors (Lipinski definition) is 0. The Labute approximate surface area is 120 Å². The Morgan fingerprint density at radius 2 is 1.95 bits per heavy atom. The molecular weight excluding hydrogens is 246 g/mol. The first-order valence-corrected chi connectivity index (χ1v) is 6.65. The van der Waals surface area contributed by atoms with Gasteiger partial charge in [-0.1, -0.05) is 36.9 Å². The zero-order chi connectivity index (χ0) is 14.4. The number of aryl methyl sites for hydroxylation is 1. The van der Waals surface area contributed by atoms with E-state index in [1.54, 1.807) is 6.08 Å². The lowest BCUT2D eigenvalue weighted by molar-refractivity contribution is 0.363. The van der Waals surface area contributed by atoms with Gasteiger partial charge in [-0.3, -0.25) is 4.99 Å². The van der Waals surface area contributed by atoms with Gasteiger partial charge in [-0.15, -0.1) is 0 Å². The van der Waals surface area contributed by atoms with E-state index in [0.29, 0.717) is 6.61 Å². The number of benzene rings is 2. The monoisotopic (exact) mass is 265 g/mol. The summed E-state index contributed by atoms with van der Waals surface area (Å²) in [6.45, 7) is 8.34. The number of hydrogen-bond acceptors (Lipinski definition) is 2. The molecule has 0 amide bonds. The Bertz CT molecular complexity index is 629. The van der Waals surface area contributed by atoms with Crippen molar-refractivity contribution in [2.24, 2.45) is 4.99 Å². The molecule has 0 bridgehead atoms. The van der Waals surface area contributed by atoms with Crippen molar-refractivity contribution in [2.75, 3.05) is 6.61 Å². The number of ether oxygens (including phenoxy) is 1. The van der Waals surface area contributed by atoms with E-state index in [1.165, 1.54) is 11.1 Å². The molecule has 0 heterocycles. The molecule has 2 aromatic carbocycles. The Kier molecular flexibility index (Phi) is 4.72. The predicted octanol–water partition coefficient (Wildman–Crippen LogP) is 4.62. The van der Waals surface area contributed by atoms with Crippen molar-refractivity contribution in [2.45, 2.75) is 13.8 Å². The second-order valence-corrected chi connectivity index (χ2v) is 4.65. The molecule has 20 heavy (non-hydrogen) atoms. The zero-order valence-electron chi connectivity index (χ0n) is 12.0. The predicted molar refractivity (Wildman–Crippen MR) is 85.3 cm³/mol. The van der Waals surface area contributed by atoms with Gasteiger partial charge in [0.05, 0.1) is 5.69 Å². The standard InChI is InChI=1S/C18H19NO/c1-4-11-20-17-9-6-8-16(12-17)13-19-18-10-5-7-14(2)15(18)3/h4-10,12-13H,1,11H2,2-3H3. The van der Waals surface area contributed by atoms with Crippen molar-refractivity contribution >= 4 is 11.9 Å². The smallest absolute Gasteiger partial charge is 0.120 e. The first-order chi connectivity index (χ1) is 9.70. The van der Waals surface area contributed by atoms with Gasteiger partial charge in [0.2, 0.25) is 0 Å². The molecule has 0 aliphatic carbocycles. The SMILES string of the molecule is C=CCOc1cccc(C=Nc2cccc(C)c2C)c1. The highest BCUT2D eigenvalue weighted by Gasteiger charge is 1.98. The maximum Gasteiger partial charge on any atom is 0.120 e. The van der Waals surface area contributed by atoms with Crippen LogP contribution >= 0.6 is 0 Å². The Balaban J connectivity index is 2.18. The second-order valence-electron chi connectivity index (χ2n) is 4.65. The van der Waals surface area contributed by atoms with Crippen molar-refractivity contribution in [3.8, 4) is 5.75 Å². The lowest BCUT2D eigenvalue weighted by Gasteiger charge is -2.04. The Morgan fingerprint density at radius 1 is 1.15 bits per heavy atom. The quantitative estimate of drug-likeness (QED) is 0.571. The van der Waals surface area contributed by atoms with E-state index < -0.39 is 0 Å². The van der Waals surface area contributed by atoms with Crippen molar-refractivity contribution in [1.82, 2.24) is 0 Å². The van der Waals surface area contributed by atoms with E-state index in [0.717, 1.165) is 17.0 Å². The highest BCUT2D eigenvalue weighted by atomic mass is 16.5. The molecule has 102 valence electrons. The maximum atomic E-state index is 5.51. The van der Waals surface area contributed by atoms with Gasteiger partial charge >= 0.3 is 0 Å². The van der Waals surface area contributed by atoms with Crippen LogP contribution in [0.25, 0.3) is 0 Å². The van der Waals surface area contributed by atoms with Gasteiger partial charge in [-0.2, -0.15) is 0 Å². The van der Waals surface area contributed by atoms with Crippen LogP contribution in [0.2, 0.25) is 0 Å². The topological polar surface area (TPSA) is 21.6 Å². The fourth-order valence-corrected chi connectivity index (χ4v) is 1.86. The van der Waals surface area contributed by atoms with Gasteiger partial charge in [0.1, 0.15) is 12.4 Å². The molecule has 0 spiro atoms. The van der Waals surface area contributed by atoms with Gasteiger partial charge in [0.25, 0.3) is 0 Å². The molecule has 0 atom stereocenters. The van der Waals surface area contributed by atoms with Gasteiger partial charge in [-0.25, -0.2) is 0 Å². The summed E-state index contributed by atoms with van der Waals surface area (Å²) in [5.74, 6) is 0.829. The second kappa shape index (κ2) is 6.71. The van der Waals surface area contributed by atoms with E-state index in [2.05, 4.69) is 31.5 Å². The van der Waals surface area contributed by atoms with Crippen LogP contribution in [0.4, 0.5) is 5.69 Å². The van der Waals surface area contributed by atoms with E-state index in [1.807, 2.05) is 42.6 Å². The van der Waals surface area contributed by atoms with Crippen LogP contribution in [0.15, 0.2) is 60.1 Å². The minimum Gasteiger partial charge on any atom is -0.490 e. The number of nitrogens with zero attached hydrogens (tertiary/aromatic N) is 1. The Morgan fingerprint density at radius 3 is 2.75 bits per heavy atom. The summed E-state index contributed by atoms with van der Waals surface area (Å²) in [5.41, 5.74) is 4.49. The third-order valence-electron chi connectivity index (χ3n) is 3.15. The van der Waals surface area contributed by atoms with Crippen LogP contribution in [-0.4, -0.2) is 12.8 Å². The summed E-state index contributed by atoms with van der Waals surface area (Å²) in [6, 6.07) is 14.0. The normalized spacial score (nSPS) is 10.7. The van der Waals surface area contributed by atoms with Crippen LogP contribution in [0.1, 0.15) is 16.7 Å². The minimum absolute atomic E-state index is 0.511. The molecule has 0 aliphatic heterocycles. The molecule has 0 radical (unpaired) electrons. The van der Waals surface area contributed by atoms with Crippen LogP contribution in [0, 0.1) is 13.8 Å². The van der Waals surface area contributed by atoms with E-state index in [9.17, 15) is 0 Å². The molecule has 2 rings (SSSR count). The first kappa shape index (κ1) is 14.1. The molecule has 0 aromatic heterocycles. The van der Waals surface area contributed by atoms with Crippen molar-refractivity contribution in [1.29, 1.82) is 0 Å². The molecular formula is C18H19NO. The van der Waals surface area contributed by atoms with Gasteiger partial charge in [0.15, 0.2) is 0 Å². The van der Waals surface area contributed by atoms with E-state index in [-0.39, 0.29) is 0 Å². The third-order valence-corrected chi connectivity index (χ3v) is 3.15. The fraction of sp³-hybridized carbons (Fsp3) is 0.167. The lowest BCUT2D eigenvalue weighted by Crippen LogP contribution is -1.93. The molecule has 2 aromatic rings. The van der Waals surface area contributed by atoms with Crippen LogP contribution in [0.5, 0.6) is 5.75 Å². The van der Waals surface area contributed by atoms with Crippen LogP contribution < -0.4 is 4.74 Å². The zero-order valence-corrected chi connectivity index (χ0v) is 12.0. The number of aliphatic imine (C=N–C) groups is 1. The molecule has 0 unspecified atom stereocenters.